The quantitative estimate of drug-likeness (QED) is 0.538. The molecule has 0 amide bonds. The number of hydrogen-bond acceptors (Lipinski definition) is 1. The standard InChI is InChI=1S/C7H22SSi3/c1-9(2,3)11(7,8)10(4,5)6/h8H,1-7H3. The van der Waals surface area contributed by atoms with Gasteiger partial charge in [0.25, 0.3) is 0 Å². The van der Waals surface area contributed by atoms with Gasteiger partial charge >= 0.3 is 0 Å². The van der Waals surface area contributed by atoms with Crippen LogP contribution in [-0.4, -0.2) is 21.4 Å². The highest BCUT2D eigenvalue weighted by Gasteiger charge is 2.48. The van der Waals surface area contributed by atoms with Crippen LogP contribution in [0.25, 0.3) is 0 Å². The minimum Gasteiger partial charge on any atom is -0.208 e. The first-order chi connectivity index (χ1) is 4.50. The van der Waals surface area contributed by atoms with Crippen LogP contribution in [-0.2, 0) is 0 Å². The van der Waals surface area contributed by atoms with Crippen molar-refractivity contribution in [1.82, 2.24) is 0 Å². The molecule has 0 aliphatic rings. The molecule has 0 aromatic heterocycles. The normalized spacial score (nSPS) is 15.3. The molecule has 4 heteroatoms. The third kappa shape index (κ3) is 2.47. The van der Waals surface area contributed by atoms with Crippen LogP contribution >= 0.6 is 12.1 Å². The van der Waals surface area contributed by atoms with E-state index in [1.807, 2.05) is 0 Å². The summed E-state index contributed by atoms with van der Waals surface area (Å²) in [6.45, 7) is 17.3. The lowest BCUT2D eigenvalue weighted by molar-refractivity contribution is 1.77. The molecule has 0 saturated heterocycles. The molecule has 0 atom stereocenters. The maximum absolute atomic E-state index is 5.01. The maximum Gasteiger partial charge on any atom is 0.0940 e. The third-order valence-corrected chi connectivity index (χ3v) is 51.9. The number of thiol groups is 1. The largest absolute Gasteiger partial charge is 0.208 e. The highest BCUT2D eigenvalue weighted by atomic mass is 32.3. The van der Waals surface area contributed by atoms with Crippen molar-refractivity contribution in [3.63, 3.8) is 0 Å². The van der Waals surface area contributed by atoms with Gasteiger partial charge in [-0.15, -0.1) is 0 Å². The highest BCUT2D eigenvalue weighted by Crippen LogP contribution is 2.31. The van der Waals surface area contributed by atoms with Crippen molar-refractivity contribution in [3.8, 4) is 0 Å². The summed E-state index contributed by atoms with van der Waals surface area (Å²) in [7, 11) is -1.91. The van der Waals surface area contributed by atoms with Crippen molar-refractivity contribution < 1.29 is 0 Å². The van der Waals surface area contributed by atoms with Crippen LogP contribution in [0.15, 0.2) is 0 Å². The minimum absolute atomic E-state index is 0.955. The molecule has 0 N–H and O–H groups in total. The van der Waals surface area contributed by atoms with E-state index in [9.17, 15) is 0 Å². The van der Waals surface area contributed by atoms with E-state index < -0.39 is 21.4 Å². The van der Waals surface area contributed by atoms with E-state index in [-0.39, 0.29) is 0 Å². The Morgan fingerprint density at radius 2 is 0.818 bits per heavy atom. The molecule has 0 saturated carbocycles. The van der Waals surface area contributed by atoms with Crippen molar-refractivity contribution in [1.29, 1.82) is 0 Å². The van der Waals surface area contributed by atoms with Gasteiger partial charge in [0.15, 0.2) is 0 Å². The zero-order valence-electron chi connectivity index (χ0n) is 8.95. The Morgan fingerprint density at radius 1 is 0.636 bits per heavy atom. The molecule has 0 aromatic rings. The lowest BCUT2D eigenvalue weighted by Gasteiger charge is -2.43. The highest BCUT2D eigenvalue weighted by molar-refractivity contribution is 8.31. The van der Waals surface area contributed by atoms with E-state index in [0.29, 0.717) is 0 Å². The van der Waals surface area contributed by atoms with Crippen LogP contribution in [0.3, 0.4) is 0 Å². The predicted molar refractivity (Wildman–Crippen MR) is 67.3 cm³/mol. The Morgan fingerprint density at radius 3 is 0.818 bits per heavy atom. The van der Waals surface area contributed by atoms with Gasteiger partial charge in [-0.2, -0.15) is 0 Å². The fourth-order valence-corrected chi connectivity index (χ4v) is 30.4. The van der Waals surface area contributed by atoms with Gasteiger partial charge in [-0.05, 0) is 0 Å². The number of hydrogen-bond donors (Lipinski definition) is 1. The summed E-state index contributed by atoms with van der Waals surface area (Å²) in [6, 6.07) is 0. The van der Waals surface area contributed by atoms with Crippen LogP contribution in [0, 0.1) is 0 Å². The Labute approximate surface area is 79.4 Å². The molecule has 0 spiro atoms. The van der Waals surface area contributed by atoms with E-state index in [1.54, 1.807) is 0 Å². The van der Waals surface area contributed by atoms with E-state index in [2.05, 4.69) is 45.8 Å². The molecular formula is C7H22SSi3. The average Bonchev–Trinajstić information content (AvgIpc) is 1.58. The van der Waals surface area contributed by atoms with Crippen molar-refractivity contribution in [2.24, 2.45) is 0 Å². The molecule has 0 bridgehead atoms. The average molecular weight is 223 g/mol. The minimum atomic E-state index is -1.13. The van der Waals surface area contributed by atoms with Crippen molar-refractivity contribution in [3.05, 3.63) is 0 Å². The summed E-state index contributed by atoms with van der Waals surface area (Å²) in [5.41, 5.74) is 0. The summed E-state index contributed by atoms with van der Waals surface area (Å²) in [5, 5.41) is 0. The van der Waals surface area contributed by atoms with Gasteiger partial charge in [0, 0.05) is 15.2 Å². The van der Waals surface area contributed by atoms with Gasteiger partial charge in [0.1, 0.15) is 0 Å². The van der Waals surface area contributed by atoms with Crippen molar-refractivity contribution >= 4 is 33.5 Å². The van der Waals surface area contributed by atoms with E-state index in [4.69, 9.17) is 12.1 Å². The van der Waals surface area contributed by atoms with Crippen LogP contribution in [0.2, 0.25) is 45.8 Å². The van der Waals surface area contributed by atoms with Gasteiger partial charge in [-0.25, -0.2) is 12.1 Å². The monoisotopic (exact) mass is 222 g/mol. The fourth-order valence-electron chi connectivity index (χ4n) is 1.12. The summed E-state index contributed by atoms with van der Waals surface area (Å²) in [4.78, 5) is 0. The molecule has 0 aliphatic carbocycles. The third-order valence-electron chi connectivity index (χ3n) is 2.92. The molecule has 11 heavy (non-hydrogen) atoms. The fraction of sp³-hybridized carbons (Fsp3) is 1.00. The topological polar surface area (TPSA) is 0 Å². The van der Waals surface area contributed by atoms with Gasteiger partial charge in [-0.1, -0.05) is 45.8 Å². The molecule has 0 unspecified atom stereocenters. The predicted octanol–water partition coefficient (Wildman–Crippen LogP) is 3.32. The second kappa shape index (κ2) is 3.05. The Bertz CT molecular complexity index is 125. The first-order valence-electron chi connectivity index (χ1n) is 4.22. The molecule has 0 radical (unpaired) electrons. The van der Waals surface area contributed by atoms with Crippen LogP contribution in [0.1, 0.15) is 0 Å². The van der Waals surface area contributed by atoms with Gasteiger partial charge in [-0.3, -0.25) is 0 Å². The first kappa shape index (κ1) is 12.0. The molecule has 0 fully saturated rings. The van der Waals surface area contributed by atoms with Crippen LogP contribution < -0.4 is 0 Å². The van der Waals surface area contributed by atoms with Crippen molar-refractivity contribution in [2.75, 3.05) is 0 Å². The molecule has 0 rings (SSSR count). The van der Waals surface area contributed by atoms with Gasteiger partial charge in [0.2, 0.25) is 0 Å². The summed E-state index contributed by atoms with van der Waals surface area (Å²) in [5.74, 6) is 0. The molecule has 0 aromatic carbocycles. The van der Waals surface area contributed by atoms with E-state index in [0.717, 1.165) is 0 Å². The zero-order chi connectivity index (χ0) is 9.50. The maximum atomic E-state index is 5.01. The second-order valence-electron chi connectivity index (χ2n) is 5.57. The molecule has 0 heterocycles. The second-order valence-corrected chi connectivity index (χ2v) is 38.4. The number of rotatable bonds is 2. The van der Waals surface area contributed by atoms with Crippen molar-refractivity contribution in [2.45, 2.75) is 45.8 Å². The lowest BCUT2D eigenvalue weighted by Crippen LogP contribution is -2.66. The van der Waals surface area contributed by atoms with E-state index in [1.165, 1.54) is 0 Å². The summed E-state index contributed by atoms with van der Waals surface area (Å²) >= 11 is 5.01. The molecule has 68 valence electrons. The first-order valence-corrected chi connectivity index (χ1v) is 17.0. The molecule has 0 nitrogen and oxygen atoms in total. The van der Waals surface area contributed by atoms with Gasteiger partial charge < -0.3 is 0 Å². The lowest BCUT2D eigenvalue weighted by atomic mass is 11.8. The summed E-state index contributed by atoms with van der Waals surface area (Å²) < 4.78 is 0. The van der Waals surface area contributed by atoms with E-state index >= 15 is 0 Å². The Hall–Kier alpha value is 1.00. The molecule has 0 aliphatic heterocycles. The SMILES string of the molecule is C[Si](C)(C)[Si](C)(S)[Si](C)(C)C. The smallest absolute Gasteiger partial charge is 0.0940 e. The van der Waals surface area contributed by atoms with Crippen LogP contribution in [0.4, 0.5) is 0 Å². The summed E-state index contributed by atoms with van der Waals surface area (Å²) in [6.07, 6.45) is -1.13. The molecular weight excluding hydrogens is 200 g/mol. The Balaban J connectivity index is 4.75. The van der Waals surface area contributed by atoms with Crippen LogP contribution in [0.5, 0.6) is 0 Å². The Kier molecular flexibility index (Phi) is 3.32. The van der Waals surface area contributed by atoms with Gasteiger partial charge in [0.05, 0.1) is 6.26 Å². The zero-order valence-corrected chi connectivity index (χ0v) is 12.8.